The van der Waals surface area contributed by atoms with Gasteiger partial charge in [-0.2, -0.15) is 0 Å². The largest absolute Gasteiger partial charge is 0.381 e. The first kappa shape index (κ1) is 14.9. The van der Waals surface area contributed by atoms with Crippen molar-refractivity contribution >= 4 is 0 Å². The lowest BCUT2D eigenvalue weighted by Crippen LogP contribution is -2.54. The van der Waals surface area contributed by atoms with Crippen LogP contribution in [0.5, 0.6) is 0 Å². The lowest BCUT2D eigenvalue weighted by Gasteiger charge is -2.45. The number of hydrogen-bond acceptors (Lipinski definition) is 3. The SMILES string of the molecule is COC1CCC2OCCN(Cc3c(F)cccc3F)C2C1. The average molecular weight is 297 g/mol. The zero-order valence-electron chi connectivity index (χ0n) is 12.2. The second-order valence-electron chi connectivity index (χ2n) is 5.82. The maximum atomic E-state index is 13.8. The van der Waals surface area contributed by atoms with Crippen LogP contribution in [0, 0.1) is 11.6 Å². The van der Waals surface area contributed by atoms with E-state index in [0.29, 0.717) is 19.7 Å². The van der Waals surface area contributed by atoms with Crippen LogP contribution in [0.4, 0.5) is 8.78 Å². The van der Waals surface area contributed by atoms with Gasteiger partial charge in [0.2, 0.25) is 0 Å². The summed E-state index contributed by atoms with van der Waals surface area (Å²) in [5.41, 5.74) is 0.151. The van der Waals surface area contributed by atoms with Gasteiger partial charge >= 0.3 is 0 Å². The summed E-state index contributed by atoms with van der Waals surface area (Å²) in [7, 11) is 1.72. The number of methoxy groups -OCH3 is 1. The van der Waals surface area contributed by atoms with Gasteiger partial charge in [-0.15, -0.1) is 0 Å². The van der Waals surface area contributed by atoms with Crippen molar-refractivity contribution in [3.05, 3.63) is 35.4 Å². The second-order valence-corrected chi connectivity index (χ2v) is 5.82. The van der Waals surface area contributed by atoms with E-state index in [9.17, 15) is 8.78 Å². The Bertz CT molecular complexity index is 477. The Kier molecular flexibility index (Phi) is 4.52. The Balaban J connectivity index is 1.77. The molecule has 116 valence electrons. The van der Waals surface area contributed by atoms with Crippen LogP contribution in [0.1, 0.15) is 24.8 Å². The van der Waals surface area contributed by atoms with E-state index in [-0.39, 0.29) is 23.8 Å². The molecule has 21 heavy (non-hydrogen) atoms. The Hall–Kier alpha value is -1.04. The summed E-state index contributed by atoms with van der Waals surface area (Å²) in [6.45, 7) is 1.61. The van der Waals surface area contributed by atoms with Gasteiger partial charge in [0.05, 0.1) is 18.8 Å². The van der Waals surface area contributed by atoms with Gasteiger partial charge in [-0.25, -0.2) is 8.78 Å². The molecule has 2 aliphatic rings. The molecule has 3 atom stereocenters. The summed E-state index contributed by atoms with van der Waals surface area (Å²) in [5.74, 6) is -0.950. The highest BCUT2D eigenvalue weighted by Gasteiger charge is 2.38. The first-order valence-electron chi connectivity index (χ1n) is 7.50. The molecule has 0 radical (unpaired) electrons. The molecule has 1 aliphatic carbocycles. The van der Waals surface area contributed by atoms with Gasteiger partial charge in [0.25, 0.3) is 0 Å². The Morgan fingerprint density at radius 1 is 1.29 bits per heavy atom. The van der Waals surface area contributed by atoms with Gasteiger partial charge in [0.15, 0.2) is 0 Å². The van der Waals surface area contributed by atoms with E-state index < -0.39 is 11.6 Å². The molecule has 3 nitrogen and oxygen atoms in total. The van der Waals surface area contributed by atoms with Crippen molar-refractivity contribution in [1.29, 1.82) is 0 Å². The molecule has 1 aromatic carbocycles. The zero-order chi connectivity index (χ0) is 14.8. The van der Waals surface area contributed by atoms with Crippen LogP contribution in [0.3, 0.4) is 0 Å². The first-order valence-corrected chi connectivity index (χ1v) is 7.50. The smallest absolute Gasteiger partial charge is 0.130 e. The topological polar surface area (TPSA) is 21.7 Å². The number of halogens is 2. The van der Waals surface area contributed by atoms with E-state index in [1.54, 1.807) is 7.11 Å². The number of hydrogen-bond donors (Lipinski definition) is 0. The van der Waals surface area contributed by atoms with Crippen LogP contribution in [0.15, 0.2) is 18.2 Å². The van der Waals surface area contributed by atoms with Crippen LogP contribution < -0.4 is 0 Å². The van der Waals surface area contributed by atoms with Crippen molar-refractivity contribution in [2.45, 2.75) is 44.1 Å². The molecule has 0 aromatic heterocycles. The van der Waals surface area contributed by atoms with E-state index in [2.05, 4.69) is 4.90 Å². The number of ether oxygens (including phenoxy) is 2. The van der Waals surface area contributed by atoms with Crippen LogP contribution in [-0.4, -0.2) is 43.4 Å². The van der Waals surface area contributed by atoms with Crippen LogP contribution in [0.25, 0.3) is 0 Å². The van der Waals surface area contributed by atoms with Crippen molar-refractivity contribution in [3.63, 3.8) is 0 Å². The van der Waals surface area contributed by atoms with Crippen molar-refractivity contribution in [2.75, 3.05) is 20.3 Å². The number of morpholine rings is 1. The molecule has 5 heteroatoms. The summed E-state index contributed by atoms with van der Waals surface area (Å²) >= 11 is 0. The molecule has 0 bridgehead atoms. The molecule has 0 spiro atoms. The Morgan fingerprint density at radius 2 is 2.05 bits per heavy atom. The predicted octanol–water partition coefficient (Wildman–Crippen LogP) is 2.73. The highest BCUT2D eigenvalue weighted by molar-refractivity contribution is 5.20. The minimum atomic E-state index is -0.475. The van der Waals surface area contributed by atoms with Gasteiger partial charge in [0, 0.05) is 31.8 Å². The summed E-state index contributed by atoms with van der Waals surface area (Å²) in [4.78, 5) is 2.14. The monoisotopic (exact) mass is 297 g/mol. The van der Waals surface area contributed by atoms with Crippen molar-refractivity contribution in [1.82, 2.24) is 4.90 Å². The molecule has 1 heterocycles. The third kappa shape index (κ3) is 3.10. The van der Waals surface area contributed by atoms with E-state index >= 15 is 0 Å². The maximum Gasteiger partial charge on any atom is 0.130 e. The molecule has 3 unspecified atom stereocenters. The second kappa shape index (κ2) is 6.38. The van der Waals surface area contributed by atoms with Crippen molar-refractivity contribution < 1.29 is 18.3 Å². The number of fused-ring (bicyclic) bond motifs is 1. The van der Waals surface area contributed by atoms with Gasteiger partial charge < -0.3 is 9.47 Å². The molecular formula is C16H21F2NO2. The molecular weight excluding hydrogens is 276 g/mol. The molecule has 2 fully saturated rings. The van der Waals surface area contributed by atoms with E-state index in [4.69, 9.17) is 9.47 Å². The fourth-order valence-electron chi connectivity index (χ4n) is 3.44. The molecule has 0 N–H and O–H groups in total. The van der Waals surface area contributed by atoms with Crippen molar-refractivity contribution in [3.8, 4) is 0 Å². The summed E-state index contributed by atoms with van der Waals surface area (Å²) < 4.78 is 39.0. The van der Waals surface area contributed by atoms with Crippen molar-refractivity contribution in [2.24, 2.45) is 0 Å². The molecule has 3 rings (SSSR count). The number of rotatable bonds is 3. The summed E-state index contributed by atoms with van der Waals surface area (Å²) in [6.07, 6.45) is 3.15. The third-order valence-corrected chi connectivity index (χ3v) is 4.64. The minimum absolute atomic E-state index is 0.151. The Morgan fingerprint density at radius 3 is 2.76 bits per heavy atom. The minimum Gasteiger partial charge on any atom is -0.381 e. The average Bonchev–Trinajstić information content (AvgIpc) is 2.50. The van der Waals surface area contributed by atoms with Gasteiger partial charge in [-0.1, -0.05) is 6.07 Å². The van der Waals surface area contributed by atoms with Crippen LogP contribution in [0.2, 0.25) is 0 Å². The fraction of sp³-hybridized carbons (Fsp3) is 0.625. The Labute approximate surface area is 123 Å². The van der Waals surface area contributed by atoms with E-state index in [1.165, 1.54) is 18.2 Å². The van der Waals surface area contributed by atoms with Gasteiger partial charge in [0.1, 0.15) is 11.6 Å². The molecule has 1 aliphatic heterocycles. The first-order chi connectivity index (χ1) is 10.2. The van der Waals surface area contributed by atoms with Crippen LogP contribution >= 0.6 is 0 Å². The lowest BCUT2D eigenvalue weighted by molar-refractivity contribution is -0.116. The van der Waals surface area contributed by atoms with E-state index in [0.717, 1.165) is 19.3 Å². The number of nitrogens with zero attached hydrogens (tertiary/aromatic N) is 1. The summed E-state index contributed by atoms with van der Waals surface area (Å²) in [5, 5.41) is 0. The van der Waals surface area contributed by atoms with Gasteiger partial charge in [-0.3, -0.25) is 4.90 Å². The molecule has 1 saturated carbocycles. The van der Waals surface area contributed by atoms with Crippen LogP contribution in [-0.2, 0) is 16.0 Å². The highest BCUT2D eigenvalue weighted by Crippen LogP contribution is 2.31. The fourth-order valence-corrected chi connectivity index (χ4v) is 3.44. The normalized spacial score (nSPS) is 30.1. The van der Waals surface area contributed by atoms with E-state index in [1.807, 2.05) is 0 Å². The highest BCUT2D eigenvalue weighted by atomic mass is 19.1. The zero-order valence-corrected chi connectivity index (χ0v) is 12.2. The third-order valence-electron chi connectivity index (χ3n) is 4.64. The maximum absolute atomic E-state index is 13.8. The molecule has 1 saturated heterocycles. The van der Waals surface area contributed by atoms with Gasteiger partial charge in [-0.05, 0) is 31.4 Å². The quantitative estimate of drug-likeness (QED) is 0.856. The number of benzene rings is 1. The standard InChI is InChI=1S/C16H21F2NO2/c1-20-11-5-6-16-15(9-11)19(7-8-21-16)10-12-13(17)3-2-4-14(12)18/h2-4,11,15-16H,5-10H2,1H3. The predicted molar refractivity (Wildman–Crippen MR) is 74.9 cm³/mol. The lowest BCUT2D eigenvalue weighted by atomic mass is 9.87. The summed E-state index contributed by atoms with van der Waals surface area (Å²) in [6, 6.07) is 4.21. The molecule has 1 aromatic rings. The molecule has 0 amide bonds.